The maximum atomic E-state index is 10.1. The van der Waals surface area contributed by atoms with Gasteiger partial charge in [0, 0.05) is 25.4 Å². The zero-order valence-corrected chi connectivity index (χ0v) is 10.8. The van der Waals surface area contributed by atoms with Crippen LogP contribution in [-0.2, 0) is 13.0 Å². The van der Waals surface area contributed by atoms with Crippen LogP contribution < -0.4 is 0 Å². The maximum absolute atomic E-state index is 10.1. The average Bonchev–Trinajstić information content (AvgIpc) is 2.92. The molecule has 1 aromatic heterocycles. The molecule has 0 bridgehead atoms. The number of aliphatic hydroxyl groups is 1. The van der Waals surface area contributed by atoms with Gasteiger partial charge in [0.15, 0.2) is 0 Å². The van der Waals surface area contributed by atoms with Gasteiger partial charge in [-0.05, 0) is 18.8 Å². The van der Waals surface area contributed by atoms with Crippen LogP contribution in [0.5, 0.6) is 0 Å². The first-order valence-corrected chi connectivity index (χ1v) is 6.97. The molecule has 0 aromatic carbocycles. The van der Waals surface area contributed by atoms with Gasteiger partial charge >= 0.3 is 0 Å². The molecule has 96 valence electrons. The van der Waals surface area contributed by atoms with E-state index >= 15 is 0 Å². The van der Waals surface area contributed by atoms with E-state index in [2.05, 4.69) is 16.5 Å². The predicted octanol–water partition coefficient (Wildman–Crippen LogP) is 2.78. The van der Waals surface area contributed by atoms with Crippen LogP contribution in [0.4, 0.5) is 0 Å². The third-order valence-electron chi connectivity index (χ3n) is 3.76. The fourth-order valence-electron chi connectivity index (χ4n) is 2.89. The second-order valence-corrected chi connectivity index (χ2v) is 5.29. The van der Waals surface area contributed by atoms with E-state index < -0.39 is 0 Å². The van der Waals surface area contributed by atoms with Gasteiger partial charge < -0.3 is 9.67 Å². The van der Waals surface area contributed by atoms with Crippen molar-refractivity contribution in [1.82, 2.24) is 9.55 Å². The minimum absolute atomic E-state index is 0.206. The Hall–Kier alpha value is -0.830. The molecule has 1 aliphatic carbocycles. The summed E-state index contributed by atoms with van der Waals surface area (Å²) in [5.74, 6) is 1.86. The van der Waals surface area contributed by atoms with Crippen molar-refractivity contribution < 1.29 is 5.11 Å². The van der Waals surface area contributed by atoms with Gasteiger partial charge in [0.05, 0.1) is 6.10 Å². The molecule has 0 aliphatic heterocycles. The summed E-state index contributed by atoms with van der Waals surface area (Å²) in [6, 6.07) is 0. The first-order chi connectivity index (χ1) is 8.29. The smallest absolute Gasteiger partial charge is 0.108 e. The monoisotopic (exact) mass is 236 g/mol. The number of nitrogens with zero attached hydrogens (tertiary/aromatic N) is 2. The predicted molar refractivity (Wildman–Crippen MR) is 68.8 cm³/mol. The summed E-state index contributed by atoms with van der Waals surface area (Å²) in [5.41, 5.74) is 0. The second-order valence-electron chi connectivity index (χ2n) is 5.29. The van der Waals surface area contributed by atoms with Crippen molar-refractivity contribution in [3.05, 3.63) is 18.2 Å². The highest BCUT2D eigenvalue weighted by Crippen LogP contribution is 2.28. The van der Waals surface area contributed by atoms with Crippen molar-refractivity contribution in [2.24, 2.45) is 5.92 Å². The highest BCUT2D eigenvalue weighted by Gasteiger charge is 2.19. The molecule has 1 N–H and O–H groups in total. The molecule has 1 heterocycles. The number of aromatic nitrogens is 2. The van der Waals surface area contributed by atoms with Crippen molar-refractivity contribution in [2.45, 2.75) is 64.5 Å². The van der Waals surface area contributed by atoms with E-state index in [0.717, 1.165) is 31.0 Å². The normalized spacial score (nSPS) is 18.7. The summed E-state index contributed by atoms with van der Waals surface area (Å²) >= 11 is 0. The third-order valence-corrected chi connectivity index (χ3v) is 3.76. The Morgan fingerprint density at radius 3 is 2.94 bits per heavy atom. The highest BCUT2D eigenvalue weighted by molar-refractivity contribution is 4.93. The van der Waals surface area contributed by atoms with Crippen LogP contribution in [0.1, 0.15) is 51.3 Å². The van der Waals surface area contributed by atoms with Gasteiger partial charge in [-0.1, -0.05) is 32.6 Å². The Bertz CT molecular complexity index is 329. The van der Waals surface area contributed by atoms with E-state index in [9.17, 15) is 5.11 Å². The molecule has 1 aliphatic rings. The van der Waals surface area contributed by atoms with Crippen LogP contribution in [-0.4, -0.2) is 20.8 Å². The molecule has 3 heteroatoms. The molecule has 3 nitrogen and oxygen atoms in total. The first kappa shape index (κ1) is 12.6. The molecule has 2 rings (SSSR count). The zero-order valence-electron chi connectivity index (χ0n) is 10.8. The van der Waals surface area contributed by atoms with Crippen LogP contribution in [0, 0.1) is 5.92 Å². The number of hydrogen-bond donors (Lipinski definition) is 1. The average molecular weight is 236 g/mol. The number of aliphatic hydroxyl groups excluding tert-OH is 1. The van der Waals surface area contributed by atoms with Crippen molar-refractivity contribution in [2.75, 3.05) is 0 Å². The molecule has 1 atom stereocenters. The summed E-state index contributed by atoms with van der Waals surface area (Å²) in [4.78, 5) is 4.34. The summed E-state index contributed by atoms with van der Waals surface area (Å²) < 4.78 is 2.11. The van der Waals surface area contributed by atoms with E-state index in [4.69, 9.17) is 0 Å². The topological polar surface area (TPSA) is 38.0 Å². The summed E-state index contributed by atoms with van der Waals surface area (Å²) in [6.07, 6.45) is 12.0. The number of aryl methyl sites for hydroxylation is 1. The Balaban J connectivity index is 1.83. The minimum atomic E-state index is -0.206. The van der Waals surface area contributed by atoms with Gasteiger partial charge in [-0.3, -0.25) is 0 Å². The van der Waals surface area contributed by atoms with Crippen molar-refractivity contribution >= 4 is 0 Å². The Morgan fingerprint density at radius 2 is 2.24 bits per heavy atom. The largest absolute Gasteiger partial charge is 0.391 e. The van der Waals surface area contributed by atoms with E-state index in [0.29, 0.717) is 6.54 Å². The lowest BCUT2D eigenvalue weighted by Gasteiger charge is -2.17. The maximum Gasteiger partial charge on any atom is 0.108 e. The molecular formula is C14H24N2O. The van der Waals surface area contributed by atoms with Crippen LogP contribution in [0.2, 0.25) is 0 Å². The highest BCUT2D eigenvalue weighted by atomic mass is 16.3. The standard InChI is InChI=1S/C14H24N2O/c1-2-5-14-15-8-9-16(14)11-13(17)10-12-6-3-4-7-12/h8-9,12-13,17H,2-7,10-11H2,1H3. The van der Waals surface area contributed by atoms with Crippen molar-refractivity contribution in [3.63, 3.8) is 0 Å². The molecule has 1 aromatic rings. The lowest BCUT2D eigenvalue weighted by Crippen LogP contribution is -2.20. The van der Waals surface area contributed by atoms with Crippen molar-refractivity contribution in [1.29, 1.82) is 0 Å². The van der Waals surface area contributed by atoms with E-state index in [1.54, 1.807) is 0 Å². The van der Waals surface area contributed by atoms with Crippen molar-refractivity contribution in [3.8, 4) is 0 Å². The number of hydrogen-bond acceptors (Lipinski definition) is 2. The minimum Gasteiger partial charge on any atom is -0.391 e. The number of imidazole rings is 1. The molecular weight excluding hydrogens is 212 g/mol. The van der Waals surface area contributed by atoms with E-state index in [1.165, 1.54) is 25.7 Å². The van der Waals surface area contributed by atoms with Crippen LogP contribution in [0.3, 0.4) is 0 Å². The lowest BCUT2D eigenvalue weighted by molar-refractivity contribution is 0.123. The van der Waals surface area contributed by atoms with Crippen LogP contribution >= 0.6 is 0 Å². The first-order valence-electron chi connectivity index (χ1n) is 6.97. The Morgan fingerprint density at radius 1 is 1.47 bits per heavy atom. The zero-order chi connectivity index (χ0) is 12.1. The second kappa shape index (κ2) is 6.20. The summed E-state index contributed by atoms with van der Waals surface area (Å²) in [5, 5.41) is 10.1. The lowest BCUT2D eigenvalue weighted by atomic mass is 10.00. The van der Waals surface area contributed by atoms with Crippen LogP contribution in [0.25, 0.3) is 0 Å². The van der Waals surface area contributed by atoms with Gasteiger partial charge in [-0.15, -0.1) is 0 Å². The van der Waals surface area contributed by atoms with Gasteiger partial charge in [-0.25, -0.2) is 4.98 Å². The molecule has 1 fully saturated rings. The fraction of sp³-hybridized carbons (Fsp3) is 0.786. The summed E-state index contributed by atoms with van der Waals surface area (Å²) in [6.45, 7) is 2.87. The molecule has 17 heavy (non-hydrogen) atoms. The van der Waals surface area contributed by atoms with Gasteiger partial charge in [-0.2, -0.15) is 0 Å². The third kappa shape index (κ3) is 3.56. The van der Waals surface area contributed by atoms with E-state index in [-0.39, 0.29) is 6.10 Å². The Labute approximate surface area is 104 Å². The quantitative estimate of drug-likeness (QED) is 0.824. The molecule has 0 saturated heterocycles. The molecule has 1 saturated carbocycles. The molecule has 0 radical (unpaired) electrons. The molecule has 1 unspecified atom stereocenters. The molecule has 0 spiro atoms. The number of rotatable bonds is 6. The summed E-state index contributed by atoms with van der Waals surface area (Å²) in [7, 11) is 0. The van der Waals surface area contributed by atoms with Crippen LogP contribution in [0.15, 0.2) is 12.4 Å². The van der Waals surface area contributed by atoms with E-state index in [1.807, 2.05) is 12.4 Å². The SMILES string of the molecule is CCCc1nccn1CC(O)CC1CCCC1. The Kier molecular flexibility index (Phi) is 4.60. The van der Waals surface area contributed by atoms with Gasteiger partial charge in [0.2, 0.25) is 0 Å². The van der Waals surface area contributed by atoms with Gasteiger partial charge in [0.1, 0.15) is 5.82 Å². The molecule has 0 amide bonds. The van der Waals surface area contributed by atoms with Gasteiger partial charge in [0.25, 0.3) is 0 Å². The fourth-order valence-corrected chi connectivity index (χ4v) is 2.89.